The molecule has 0 bridgehead atoms. The van der Waals surface area contributed by atoms with Crippen LogP contribution < -0.4 is 0 Å². The van der Waals surface area contributed by atoms with Crippen molar-refractivity contribution in [1.29, 1.82) is 0 Å². The van der Waals surface area contributed by atoms with Gasteiger partial charge in [0.05, 0.1) is 0 Å². The minimum atomic E-state index is 0. The topological polar surface area (TPSA) is 17.1 Å². The molecule has 0 unspecified atom stereocenters. The second-order valence-electron chi connectivity index (χ2n) is 25.2. The zero-order valence-corrected chi connectivity index (χ0v) is 72.4. The van der Waals surface area contributed by atoms with E-state index in [1.165, 1.54) is 158 Å². The van der Waals surface area contributed by atoms with E-state index in [1.807, 2.05) is 26.4 Å². The molecule has 0 aliphatic carbocycles. The standard InChI is InChI=1S/C14H16.C10H14.8C8H10.C3H6O.C2H6S.C2H6.2CH3.W/c1-9-5-13-7-11(3)12(4)8-14(13)6-10(9)2;1-7-5-9(3)10(4)6-8(7)2;8*1-7-5-3-4-6-8(7)2;1-3(2)4;1-3-2;1-2;;;/h5-8H,1-4H3;5-6H,1-4H3;8*3-6H,1-2H3;1-2H3;1-2H3;1-2H3;2*1H3;/q;;;;;;;;;;;;;2*-1;+2. The van der Waals surface area contributed by atoms with Crippen molar-refractivity contribution in [3.63, 3.8) is 0 Å². The fourth-order valence-corrected chi connectivity index (χ4v) is 8.21. The first-order valence-electron chi connectivity index (χ1n) is 34.4. The second-order valence-corrected chi connectivity index (χ2v) is 26.0. The summed E-state index contributed by atoms with van der Waals surface area (Å²) in [5.41, 5.74) is 33.0. The van der Waals surface area contributed by atoms with Crippen LogP contribution in [-0.2, 0) is 25.9 Å². The molecule has 0 aliphatic heterocycles. The maximum Gasteiger partial charge on any atom is 2.00 e. The molecule has 0 N–H and O–H groups in total. The summed E-state index contributed by atoms with van der Waals surface area (Å²) in [7, 11) is 0. The van der Waals surface area contributed by atoms with Gasteiger partial charge in [-0.3, -0.25) is 0 Å². The first-order chi connectivity index (χ1) is 45.8. The van der Waals surface area contributed by atoms with Gasteiger partial charge in [-0.25, -0.2) is 0 Å². The van der Waals surface area contributed by atoms with Crippen molar-refractivity contribution in [1.82, 2.24) is 0 Å². The molecule has 0 spiro atoms. The average molecular weight is 1530 g/mol. The Bertz CT molecular complexity index is 3100. The normalized spacial score (nSPS) is 8.94. The maximum atomic E-state index is 9.44. The Labute approximate surface area is 634 Å². The van der Waals surface area contributed by atoms with Gasteiger partial charge in [0, 0.05) is 0 Å². The van der Waals surface area contributed by atoms with Gasteiger partial charge >= 0.3 is 21.1 Å². The molecule has 3 heteroatoms. The smallest absolute Gasteiger partial charge is 0.358 e. The van der Waals surface area contributed by atoms with Crippen molar-refractivity contribution >= 4 is 28.3 Å². The van der Waals surface area contributed by atoms with Crippen LogP contribution in [-0.4, -0.2) is 18.3 Å². The molecule has 0 heterocycles. The molecule has 0 radical (unpaired) electrons. The molecule has 0 saturated heterocycles. The van der Waals surface area contributed by atoms with Crippen LogP contribution in [0.3, 0.4) is 0 Å². The van der Waals surface area contributed by atoms with Gasteiger partial charge in [0.25, 0.3) is 0 Å². The molecule has 0 saturated carbocycles. The monoisotopic (exact) mass is 1530 g/mol. The Hall–Kier alpha value is -7.61. The summed E-state index contributed by atoms with van der Waals surface area (Å²) in [5, 5.41) is 2.72. The van der Waals surface area contributed by atoms with E-state index in [9.17, 15) is 4.79 Å². The Balaban J connectivity index is -0.000000330. The zero-order valence-electron chi connectivity index (χ0n) is 68.7. The number of Topliss-reactive ketones (excluding diaryl/α,β-unsaturated/α-hetero) is 1. The summed E-state index contributed by atoms with van der Waals surface area (Å²) in [4.78, 5) is 9.44. The van der Waals surface area contributed by atoms with Gasteiger partial charge in [0.2, 0.25) is 0 Å². The van der Waals surface area contributed by atoms with Crippen molar-refractivity contribution in [2.45, 2.75) is 194 Å². The summed E-state index contributed by atoms with van der Waals surface area (Å²) in [6.07, 6.45) is 4.08. The molecule has 0 fully saturated rings. The third-order valence-corrected chi connectivity index (χ3v) is 16.6. The van der Waals surface area contributed by atoms with Crippen molar-refractivity contribution < 1.29 is 25.9 Å². The Morgan fingerprint density at radius 2 is 0.270 bits per heavy atom. The Kier molecular flexibility index (Phi) is 59.7. The Morgan fingerprint density at radius 1 is 0.200 bits per heavy atom. The van der Waals surface area contributed by atoms with Crippen molar-refractivity contribution in [3.05, 3.63) is 379 Å². The van der Waals surface area contributed by atoms with Crippen LogP contribution in [0.15, 0.2) is 231 Å². The first kappa shape index (κ1) is 101. The number of ketones is 1. The van der Waals surface area contributed by atoms with E-state index in [0.29, 0.717) is 0 Å². The molecule has 11 aromatic rings. The molecule has 0 amide bonds. The van der Waals surface area contributed by atoms with E-state index in [4.69, 9.17) is 0 Å². The fourth-order valence-electron chi connectivity index (χ4n) is 8.21. The van der Waals surface area contributed by atoms with E-state index < -0.39 is 0 Å². The molecule has 0 aromatic heterocycles. The average Bonchev–Trinajstić information content (AvgIpc) is 0.812. The third kappa shape index (κ3) is 46.7. The molecule has 540 valence electrons. The number of thioether (sulfide) groups is 1. The summed E-state index contributed by atoms with van der Waals surface area (Å²) in [5.74, 6) is 0.167. The molecule has 1 nitrogen and oxygen atoms in total. The van der Waals surface area contributed by atoms with Gasteiger partial charge < -0.3 is 19.6 Å². The van der Waals surface area contributed by atoms with Crippen LogP contribution >= 0.6 is 11.8 Å². The number of aryl methyl sites for hydroxylation is 24. The minimum Gasteiger partial charge on any atom is -0.358 e. The first-order valence-corrected chi connectivity index (χ1v) is 36.0. The molecule has 100 heavy (non-hydrogen) atoms. The Morgan fingerprint density at radius 3 is 0.340 bits per heavy atom. The van der Waals surface area contributed by atoms with E-state index in [1.54, 1.807) is 11.8 Å². The second kappa shape index (κ2) is 59.1. The number of hydrogen-bond acceptors (Lipinski definition) is 2. The molecule has 11 aromatic carbocycles. The van der Waals surface area contributed by atoms with E-state index in [-0.39, 0.29) is 41.7 Å². The van der Waals surface area contributed by atoms with Gasteiger partial charge in [0.15, 0.2) is 0 Å². The number of carbonyl (C=O) groups is 1. The van der Waals surface area contributed by atoms with Crippen molar-refractivity contribution in [2.24, 2.45) is 0 Å². The van der Waals surface area contributed by atoms with Crippen LogP contribution in [0.5, 0.6) is 0 Å². The van der Waals surface area contributed by atoms with Crippen LogP contribution in [0, 0.1) is 181 Å². The van der Waals surface area contributed by atoms with Gasteiger partial charge in [-0.2, -0.15) is 11.8 Å². The van der Waals surface area contributed by atoms with Gasteiger partial charge in [-0.05, 0) is 337 Å². The molecular formula is C97H134OSW. The number of fused-ring (bicyclic) bond motifs is 1. The minimum absolute atomic E-state index is 0. The number of benzene rings is 11. The van der Waals surface area contributed by atoms with Crippen molar-refractivity contribution in [2.75, 3.05) is 12.5 Å². The van der Waals surface area contributed by atoms with E-state index >= 15 is 0 Å². The van der Waals surface area contributed by atoms with Crippen molar-refractivity contribution in [3.8, 4) is 0 Å². The summed E-state index contributed by atoms with van der Waals surface area (Å²) in [6.45, 7) is 58.3. The van der Waals surface area contributed by atoms with E-state index in [2.05, 4.69) is 397 Å². The van der Waals surface area contributed by atoms with Gasteiger partial charge in [-0.15, -0.1) is 0 Å². The maximum absolute atomic E-state index is 9.44. The molecular weight excluding hydrogens is 1400 g/mol. The van der Waals surface area contributed by atoms with Crippen LogP contribution in [0.25, 0.3) is 10.8 Å². The zero-order chi connectivity index (χ0) is 74.2. The largest absolute Gasteiger partial charge is 2.00 e. The summed E-state index contributed by atoms with van der Waals surface area (Å²) >= 11 is 1.75. The fraction of sp³-hybridized carbons (Fsp3) is 0.309. The molecule has 11 rings (SSSR count). The molecule has 0 aliphatic rings. The number of rotatable bonds is 0. The summed E-state index contributed by atoms with van der Waals surface area (Å²) in [6, 6.07) is 80.4. The van der Waals surface area contributed by atoms with Crippen LogP contribution in [0.1, 0.15) is 161 Å². The number of carbonyl (C=O) groups excluding carboxylic acids is 1. The van der Waals surface area contributed by atoms with Crippen LogP contribution in [0.2, 0.25) is 0 Å². The van der Waals surface area contributed by atoms with Crippen LogP contribution in [0.4, 0.5) is 0 Å². The third-order valence-electron chi connectivity index (χ3n) is 16.6. The SMILES string of the molecule is CC.CC(C)=O.CSC.Cc1cc(C)c(C)cc1C.Cc1cc2cc(C)c(C)cc2cc1C.Cc1ccccc1C.Cc1ccccc1C.Cc1ccccc1C.Cc1ccccc1C.Cc1ccccc1C.Cc1ccccc1C.Cc1ccccc1C.Cc1ccccc1C.[CH3-].[CH3-].[W+2]. The predicted octanol–water partition coefficient (Wildman–Crippen LogP) is 28.9. The molecule has 0 atom stereocenters. The van der Waals surface area contributed by atoms with Gasteiger partial charge in [-0.1, -0.05) is 244 Å². The predicted molar refractivity (Wildman–Crippen MR) is 456 cm³/mol. The summed E-state index contributed by atoms with van der Waals surface area (Å²) < 4.78 is 0. The van der Waals surface area contributed by atoms with E-state index in [0.717, 1.165) is 0 Å². The van der Waals surface area contributed by atoms with Gasteiger partial charge in [0.1, 0.15) is 5.78 Å². The number of hydrogen-bond donors (Lipinski definition) is 0. The quantitative estimate of drug-likeness (QED) is 0.141.